The van der Waals surface area contributed by atoms with Crippen LogP contribution in [0.15, 0.2) is 58.1 Å². The largest absolute Gasteiger partial charge is 0.326 e. The third-order valence-electron chi connectivity index (χ3n) is 5.35. The molecular formula is C21H20N2O3S3. The molecule has 0 saturated heterocycles. The van der Waals surface area contributed by atoms with Crippen molar-refractivity contribution in [2.45, 2.75) is 36.2 Å². The number of fused-ring (bicyclic) bond motifs is 1. The lowest BCUT2D eigenvalue weighted by Crippen LogP contribution is -2.39. The number of nitrogens with zero attached hydrogens (tertiary/aromatic N) is 1. The number of amides is 1. The summed E-state index contributed by atoms with van der Waals surface area (Å²) < 4.78 is 27.4. The van der Waals surface area contributed by atoms with Gasteiger partial charge in [0, 0.05) is 27.9 Å². The van der Waals surface area contributed by atoms with Crippen LogP contribution in [-0.4, -0.2) is 31.8 Å². The van der Waals surface area contributed by atoms with E-state index in [1.54, 1.807) is 34.8 Å². The minimum absolute atomic E-state index is 0.0565. The van der Waals surface area contributed by atoms with E-state index in [4.69, 9.17) is 0 Å². The molecule has 1 fully saturated rings. The van der Waals surface area contributed by atoms with Crippen molar-refractivity contribution in [3.63, 3.8) is 0 Å². The normalized spacial score (nSPS) is 19.2. The molecule has 1 aliphatic heterocycles. The predicted molar refractivity (Wildman–Crippen MR) is 115 cm³/mol. The molecule has 2 aromatic heterocycles. The zero-order chi connectivity index (χ0) is 20.0. The third kappa shape index (κ3) is 3.66. The summed E-state index contributed by atoms with van der Waals surface area (Å²) >= 11 is 3.40. The number of benzene rings is 1. The van der Waals surface area contributed by atoms with Crippen molar-refractivity contribution in [3.05, 3.63) is 74.1 Å². The Kier molecular flexibility index (Phi) is 4.82. The Labute approximate surface area is 178 Å². The van der Waals surface area contributed by atoms with Crippen molar-refractivity contribution in [2.75, 3.05) is 6.54 Å². The van der Waals surface area contributed by atoms with E-state index in [1.807, 2.05) is 16.3 Å². The molecule has 3 aromatic rings. The molecule has 8 heteroatoms. The quantitative estimate of drug-likeness (QED) is 0.646. The molecule has 2 aliphatic rings. The average Bonchev–Trinajstić information content (AvgIpc) is 3.19. The molecule has 150 valence electrons. The second-order valence-electron chi connectivity index (χ2n) is 7.39. The highest BCUT2D eigenvalue weighted by molar-refractivity contribution is 7.89. The first-order chi connectivity index (χ1) is 14.0. The zero-order valence-electron chi connectivity index (χ0n) is 15.6. The molecule has 1 saturated carbocycles. The number of rotatable bonds is 5. The van der Waals surface area contributed by atoms with Crippen LogP contribution in [0.1, 0.15) is 44.6 Å². The van der Waals surface area contributed by atoms with Gasteiger partial charge in [0.2, 0.25) is 10.0 Å². The fourth-order valence-electron chi connectivity index (χ4n) is 3.72. The molecule has 0 radical (unpaired) electrons. The molecule has 1 unspecified atom stereocenters. The van der Waals surface area contributed by atoms with E-state index in [0.29, 0.717) is 12.1 Å². The van der Waals surface area contributed by atoms with Crippen molar-refractivity contribution in [3.8, 4) is 0 Å². The van der Waals surface area contributed by atoms with Gasteiger partial charge in [-0.2, -0.15) is 0 Å². The van der Waals surface area contributed by atoms with Crippen LogP contribution in [0.25, 0.3) is 0 Å². The van der Waals surface area contributed by atoms with Crippen LogP contribution >= 0.6 is 22.7 Å². The van der Waals surface area contributed by atoms with Gasteiger partial charge in [-0.3, -0.25) is 4.79 Å². The Morgan fingerprint density at radius 3 is 2.52 bits per heavy atom. The minimum atomic E-state index is -3.51. The van der Waals surface area contributed by atoms with Crippen molar-refractivity contribution in [2.24, 2.45) is 0 Å². The van der Waals surface area contributed by atoms with E-state index in [1.165, 1.54) is 22.6 Å². The SMILES string of the molecule is O=C(c1ccc(S(=O)(=O)NC2CC2)cc1)N1CCc2sccc2C1c1cccs1. The molecule has 0 bridgehead atoms. The molecule has 29 heavy (non-hydrogen) atoms. The molecule has 1 N–H and O–H groups in total. The summed E-state index contributed by atoms with van der Waals surface area (Å²) in [6.45, 7) is 0.651. The monoisotopic (exact) mass is 444 g/mol. The minimum Gasteiger partial charge on any atom is -0.326 e. The van der Waals surface area contributed by atoms with Crippen LogP contribution in [0.4, 0.5) is 0 Å². The Morgan fingerprint density at radius 2 is 1.83 bits per heavy atom. The van der Waals surface area contributed by atoms with Crippen molar-refractivity contribution in [1.82, 2.24) is 9.62 Å². The van der Waals surface area contributed by atoms with E-state index in [9.17, 15) is 13.2 Å². The van der Waals surface area contributed by atoms with Gasteiger partial charge in [-0.25, -0.2) is 13.1 Å². The van der Waals surface area contributed by atoms with E-state index in [-0.39, 0.29) is 22.9 Å². The summed E-state index contributed by atoms with van der Waals surface area (Å²) in [5, 5.41) is 4.12. The summed E-state index contributed by atoms with van der Waals surface area (Å²) in [6, 6.07) is 12.5. The fraction of sp³-hybridized carbons (Fsp3) is 0.286. The van der Waals surface area contributed by atoms with Gasteiger partial charge in [0.1, 0.15) is 0 Å². The lowest BCUT2D eigenvalue weighted by atomic mass is 9.97. The highest BCUT2D eigenvalue weighted by Crippen LogP contribution is 2.40. The lowest BCUT2D eigenvalue weighted by Gasteiger charge is -2.35. The van der Waals surface area contributed by atoms with E-state index in [0.717, 1.165) is 24.1 Å². The molecule has 5 rings (SSSR count). The smallest absolute Gasteiger partial charge is 0.254 e. The number of thiophene rings is 2. The van der Waals surface area contributed by atoms with Crippen LogP contribution in [0.3, 0.4) is 0 Å². The molecule has 1 aromatic carbocycles. The highest BCUT2D eigenvalue weighted by Gasteiger charge is 2.34. The molecule has 1 atom stereocenters. The predicted octanol–water partition coefficient (Wildman–Crippen LogP) is 4.04. The summed E-state index contributed by atoms with van der Waals surface area (Å²) in [7, 11) is -3.51. The Hall–Kier alpha value is -2.00. The Balaban J connectivity index is 1.43. The first-order valence-corrected chi connectivity index (χ1v) is 12.8. The molecule has 3 heterocycles. The zero-order valence-corrected chi connectivity index (χ0v) is 18.0. The molecular weight excluding hydrogens is 424 g/mol. The fourth-order valence-corrected chi connectivity index (χ4v) is 6.78. The van der Waals surface area contributed by atoms with Crippen LogP contribution in [0, 0.1) is 0 Å². The Bertz CT molecular complexity index is 1130. The van der Waals surface area contributed by atoms with Gasteiger partial charge in [-0.15, -0.1) is 22.7 Å². The van der Waals surface area contributed by atoms with E-state index >= 15 is 0 Å². The van der Waals surface area contributed by atoms with Crippen molar-refractivity contribution >= 4 is 38.6 Å². The maximum Gasteiger partial charge on any atom is 0.254 e. The van der Waals surface area contributed by atoms with Gasteiger partial charge in [-0.05, 0) is 72.0 Å². The topological polar surface area (TPSA) is 66.5 Å². The maximum absolute atomic E-state index is 13.4. The maximum atomic E-state index is 13.4. The highest BCUT2D eigenvalue weighted by atomic mass is 32.2. The van der Waals surface area contributed by atoms with Crippen LogP contribution < -0.4 is 4.72 Å². The first kappa shape index (κ1) is 19.0. The van der Waals surface area contributed by atoms with Crippen molar-refractivity contribution < 1.29 is 13.2 Å². The molecule has 1 amide bonds. The number of hydrogen-bond donors (Lipinski definition) is 1. The average molecular weight is 445 g/mol. The van der Waals surface area contributed by atoms with Crippen LogP contribution in [0.2, 0.25) is 0 Å². The van der Waals surface area contributed by atoms with E-state index < -0.39 is 10.0 Å². The first-order valence-electron chi connectivity index (χ1n) is 9.56. The number of nitrogens with one attached hydrogen (secondary N) is 1. The van der Waals surface area contributed by atoms with Gasteiger partial charge in [0.25, 0.3) is 5.91 Å². The summed E-state index contributed by atoms with van der Waals surface area (Å²) in [4.78, 5) is 17.9. The van der Waals surface area contributed by atoms with E-state index in [2.05, 4.69) is 22.2 Å². The lowest BCUT2D eigenvalue weighted by molar-refractivity contribution is 0.0698. The number of hydrogen-bond acceptors (Lipinski definition) is 5. The van der Waals surface area contributed by atoms with Gasteiger partial charge >= 0.3 is 0 Å². The molecule has 1 aliphatic carbocycles. The van der Waals surface area contributed by atoms with Gasteiger partial charge in [0.05, 0.1) is 10.9 Å². The number of sulfonamides is 1. The standard InChI is InChI=1S/C21H20N2O3S3/c24-21(14-3-7-16(8-4-14)29(25,26)22-15-5-6-15)23-11-9-18-17(10-13-28-18)20(23)19-2-1-12-27-19/h1-4,7-8,10,12-13,15,20,22H,5-6,9,11H2. The van der Waals surface area contributed by atoms with Gasteiger partial charge in [0.15, 0.2) is 0 Å². The second-order valence-corrected chi connectivity index (χ2v) is 11.1. The molecule has 5 nitrogen and oxygen atoms in total. The number of carbonyl (C=O) groups excluding carboxylic acids is 1. The van der Waals surface area contributed by atoms with Crippen LogP contribution in [0.5, 0.6) is 0 Å². The van der Waals surface area contributed by atoms with Crippen LogP contribution in [-0.2, 0) is 16.4 Å². The summed E-state index contributed by atoms with van der Waals surface area (Å²) in [5.74, 6) is -0.0700. The second kappa shape index (κ2) is 7.36. The number of carbonyl (C=O) groups is 1. The van der Waals surface area contributed by atoms with Crippen molar-refractivity contribution in [1.29, 1.82) is 0 Å². The Morgan fingerprint density at radius 1 is 1.03 bits per heavy atom. The molecule has 0 spiro atoms. The van der Waals surface area contributed by atoms with Gasteiger partial charge < -0.3 is 4.90 Å². The summed E-state index contributed by atoms with van der Waals surface area (Å²) in [6.07, 6.45) is 2.62. The third-order valence-corrected chi connectivity index (χ3v) is 8.81. The summed E-state index contributed by atoms with van der Waals surface area (Å²) in [5.41, 5.74) is 1.71. The van der Waals surface area contributed by atoms with Gasteiger partial charge in [-0.1, -0.05) is 6.07 Å².